The van der Waals surface area contributed by atoms with Crippen molar-refractivity contribution >= 4 is 34.6 Å². The van der Waals surface area contributed by atoms with Gasteiger partial charge in [-0.2, -0.15) is 0 Å². The predicted molar refractivity (Wildman–Crippen MR) is 108 cm³/mol. The molecule has 0 fully saturated rings. The Bertz CT molecular complexity index is 1010. The summed E-state index contributed by atoms with van der Waals surface area (Å²) in [6.07, 6.45) is 4.81. The van der Waals surface area contributed by atoms with Gasteiger partial charge in [0, 0.05) is 24.6 Å². The van der Waals surface area contributed by atoms with Crippen LogP contribution >= 0.6 is 0 Å². The Hall–Kier alpha value is -3.45. The van der Waals surface area contributed by atoms with E-state index in [1.807, 2.05) is 49.4 Å². The average molecular weight is 378 g/mol. The molecule has 0 aliphatic rings. The Morgan fingerprint density at radius 2 is 1.96 bits per heavy atom. The number of nitrogens with zero attached hydrogens (tertiary/aromatic N) is 1. The molecule has 3 rings (SSSR count). The summed E-state index contributed by atoms with van der Waals surface area (Å²) in [5, 5.41) is 11.4. The van der Waals surface area contributed by atoms with E-state index in [9.17, 15) is 9.59 Å². The maximum absolute atomic E-state index is 11.7. The topological polar surface area (TPSA) is 107 Å². The van der Waals surface area contributed by atoms with Crippen LogP contribution in [0.1, 0.15) is 36.7 Å². The lowest BCUT2D eigenvalue weighted by molar-refractivity contribution is -0.124. The molecule has 144 valence electrons. The zero-order valence-electron chi connectivity index (χ0n) is 15.5. The van der Waals surface area contributed by atoms with Crippen LogP contribution in [0.3, 0.4) is 0 Å². The van der Waals surface area contributed by atoms with Gasteiger partial charge in [0.05, 0.1) is 11.0 Å². The van der Waals surface area contributed by atoms with Crippen molar-refractivity contribution in [2.75, 3.05) is 5.32 Å². The third-order valence-corrected chi connectivity index (χ3v) is 4.18. The van der Waals surface area contributed by atoms with Gasteiger partial charge in [-0.1, -0.05) is 31.2 Å². The van der Waals surface area contributed by atoms with Crippen molar-refractivity contribution in [2.45, 2.75) is 26.2 Å². The van der Waals surface area contributed by atoms with E-state index in [0.717, 1.165) is 40.1 Å². The van der Waals surface area contributed by atoms with Gasteiger partial charge in [0.1, 0.15) is 5.82 Å². The van der Waals surface area contributed by atoms with Gasteiger partial charge in [-0.3, -0.25) is 14.8 Å². The first kappa shape index (κ1) is 19.3. The molecule has 7 heteroatoms. The molecule has 0 aliphatic heterocycles. The lowest BCUT2D eigenvalue weighted by atomic mass is 10.1. The van der Waals surface area contributed by atoms with Crippen LogP contribution in [-0.2, 0) is 16.0 Å². The van der Waals surface area contributed by atoms with Gasteiger partial charge in [-0.05, 0) is 41.8 Å². The summed E-state index contributed by atoms with van der Waals surface area (Å²) < 4.78 is 0. The molecular weight excluding hydrogens is 356 g/mol. The van der Waals surface area contributed by atoms with Crippen LogP contribution in [0.4, 0.5) is 5.69 Å². The molecule has 7 nitrogen and oxygen atoms in total. The van der Waals surface area contributed by atoms with E-state index in [-0.39, 0.29) is 5.91 Å². The summed E-state index contributed by atoms with van der Waals surface area (Å²) in [4.78, 5) is 30.7. The second kappa shape index (κ2) is 8.96. The maximum Gasteiger partial charge on any atom is 0.267 e. The summed E-state index contributed by atoms with van der Waals surface area (Å²) in [5.41, 5.74) is 5.93. The molecule has 4 N–H and O–H groups in total. The van der Waals surface area contributed by atoms with Gasteiger partial charge in [0.15, 0.2) is 0 Å². The third kappa shape index (κ3) is 5.05. The second-order valence-electron chi connectivity index (χ2n) is 6.44. The Morgan fingerprint density at radius 3 is 2.68 bits per heavy atom. The summed E-state index contributed by atoms with van der Waals surface area (Å²) in [7, 11) is 0. The summed E-state index contributed by atoms with van der Waals surface area (Å²) in [5.74, 6) is 0.259. The zero-order valence-corrected chi connectivity index (χ0v) is 15.5. The number of hydroxylamine groups is 1. The number of aromatic amines is 1. The van der Waals surface area contributed by atoms with E-state index in [4.69, 9.17) is 5.21 Å². The Labute approximate surface area is 162 Å². The SMILES string of the molecule is CCCC(=O)Nc1ccc2[nH]c(Cc3ccc(/C=C/C(=O)NO)cc3)nc2c1. The van der Waals surface area contributed by atoms with Gasteiger partial charge in [0.2, 0.25) is 5.91 Å². The van der Waals surface area contributed by atoms with Crippen LogP contribution in [0.25, 0.3) is 17.1 Å². The molecule has 2 aromatic carbocycles. The van der Waals surface area contributed by atoms with Gasteiger partial charge < -0.3 is 10.3 Å². The van der Waals surface area contributed by atoms with Crippen molar-refractivity contribution in [3.63, 3.8) is 0 Å². The van der Waals surface area contributed by atoms with Crippen LogP contribution in [0.15, 0.2) is 48.5 Å². The number of carbonyl (C=O) groups is 2. The van der Waals surface area contributed by atoms with Gasteiger partial charge in [-0.25, -0.2) is 10.5 Å². The van der Waals surface area contributed by atoms with E-state index >= 15 is 0 Å². The predicted octanol–water partition coefficient (Wildman–Crippen LogP) is 3.41. The second-order valence-corrected chi connectivity index (χ2v) is 6.44. The fraction of sp³-hybridized carbons (Fsp3) is 0.190. The minimum atomic E-state index is -0.573. The van der Waals surface area contributed by atoms with Crippen molar-refractivity contribution in [1.29, 1.82) is 0 Å². The minimum Gasteiger partial charge on any atom is -0.342 e. The number of carbonyl (C=O) groups excluding carboxylic acids is 2. The molecule has 1 aromatic heterocycles. The molecule has 0 atom stereocenters. The quantitative estimate of drug-likeness (QED) is 0.287. The van der Waals surface area contributed by atoms with Crippen molar-refractivity contribution < 1.29 is 14.8 Å². The number of fused-ring (bicyclic) bond motifs is 1. The molecule has 1 heterocycles. The Kier molecular flexibility index (Phi) is 6.18. The third-order valence-electron chi connectivity index (χ3n) is 4.18. The van der Waals surface area contributed by atoms with Gasteiger partial charge >= 0.3 is 0 Å². The van der Waals surface area contributed by atoms with Crippen molar-refractivity contribution in [3.05, 3.63) is 65.5 Å². The summed E-state index contributed by atoms with van der Waals surface area (Å²) >= 11 is 0. The van der Waals surface area contributed by atoms with Crippen LogP contribution in [0.2, 0.25) is 0 Å². The number of benzene rings is 2. The zero-order chi connectivity index (χ0) is 19.9. The van der Waals surface area contributed by atoms with Gasteiger partial charge in [0.25, 0.3) is 5.91 Å². The number of anilines is 1. The molecule has 2 amide bonds. The Morgan fingerprint density at radius 1 is 1.18 bits per heavy atom. The van der Waals surface area contributed by atoms with Crippen LogP contribution in [0, 0.1) is 0 Å². The first-order valence-corrected chi connectivity index (χ1v) is 9.07. The molecule has 0 spiro atoms. The fourth-order valence-corrected chi connectivity index (χ4v) is 2.82. The highest BCUT2D eigenvalue weighted by Gasteiger charge is 2.07. The van der Waals surface area contributed by atoms with Crippen molar-refractivity contribution in [2.24, 2.45) is 0 Å². The van der Waals surface area contributed by atoms with Crippen molar-refractivity contribution in [3.8, 4) is 0 Å². The molecule has 3 aromatic rings. The molecule has 0 bridgehead atoms. The highest BCUT2D eigenvalue weighted by Crippen LogP contribution is 2.19. The highest BCUT2D eigenvalue weighted by atomic mass is 16.5. The number of hydrogen-bond donors (Lipinski definition) is 4. The Balaban J connectivity index is 1.69. The molecule has 0 radical (unpaired) electrons. The lowest BCUT2D eigenvalue weighted by Gasteiger charge is -2.03. The van der Waals surface area contributed by atoms with E-state index in [1.54, 1.807) is 11.6 Å². The van der Waals surface area contributed by atoms with Crippen molar-refractivity contribution in [1.82, 2.24) is 15.4 Å². The molecule has 0 aliphatic carbocycles. The smallest absolute Gasteiger partial charge is 0.267 e. The number of imidazole rings is 1. The standard InChI is InChI=1S/C21H22N4O3/c1-2-3-20(26)22-16-9-10-17-18(13-16)24-19(23-17)12-15-6-4-14(5-7-15)8-11-21(27)25-28/h4-11,13,28H,2-3,12H2,1H3,(H,22,26)(H,23,24)(H,25,27)/b11-8+. The molecule has 28 heavy (non-hydrogen) atoms. The van der Waals surface area contributed by atoms with Crippen LogP contribution in [-0.4, -0.2) is 27.0 Å². The molecule has 0 saturated heterocycles. The van der Waals surface area contributed by atoms with E-state index in [0.29, 0.717) is 12.8 Å². The minimum absolute atomic E-state index is 0.00298. The van der Waals surface area contributed by atoms with E-state index in [2.05, 4.69) is 15.3 Å². The summed E-state index contributed by atoms with van der Waals surface area (Å²) in [6.45, 7) is 1.97. The normalized spacial score (nSPS) is 11.1. The number of hydrogen-bond acceptors (Lipinski definition) is 4. The van der Waals surface area contributed by atoms with Crippen LogP contribution < -0.4 is 10.8 Å². The number of aromatic nitrogens is 2. The maximum atomic E-state index is 11.7. The molecular formula is C21H22N4O3. The van der Waals surface area contributed by atoms with Crippen LogP contribution in [0.5, 0.6) is 0 Å². The molecule has 0 unspecified atom stereocenters. The fourth-order valence-electron chi connectivity index (χ4n) is 2.82. The first-order chi connectivity index (χ1) is 13.6. The van der Waals surface area contributed by atoms with E-state index in [1.165, 1.54) is 6.08 Å². The number of rotatable bonds is 7. The largest absolute Gasteiger partial charge is 0.342 e. The number of amides is 2. The monoisotopic (exact) mass is 378 g/mol. The first-order valence-electron chi connectivity index (χ1n) is 9.07. The summed E-state index contributed by atoms with van der Waals surface area (Å²) in [6, 6.07) is 13.3. The molecule has 0 saturated carbocycles. The average Bonchev–Trinajstić information content (AvgIpc) is 3.08. The lowest BCUT2D eigenvalue weighted by Crippen LogP contribution is -2.14. The van der Waals surface area contributed by atoms with E-state index < -0.39 is 5.91 Å². The number of H-pyrrole nitrogens is 1. The number of nitrogens with one attached hydrogen (secondary N) is 3. The van der Waals surface area contributed by atoms with Gasteiger partial charge in [-0.15, -0.1) is 0 Å². The highest BCUT2D eigenvalue weighted by molar-refractivity contribution is 5.93.